The molecule has 100 valence electrons. The molecule has 0 amide bonds. The molecule has 0 saturated heterocycles. The van der Waals surface area contributed by atoms with Gasteiger partial charge in [-0.2, -0.15) is 0 Å². The predicted octanol–water partition coefficient (Wildman–Crippen LogP) is 3.22. The SMILES string of the molecule is Nc1ccccc1OCC(=O)OCc1sccc1Br. The minimum absolute atomic E-state index is 0.156. The second-order valence-electron chi connectivity index (χ2n) is 3.68. The molecule has 0 unspecified atom stereocenters. The molecule has 1 aromatic carbocycles. The standard InChI is InChI=1S/C13H12BrNO3S/c14-9-5-6-19-12(9)7-18-13(16)8-17-11-4-2-1-3-10(11)15/h1-6H,7-8,15H2. The molecule has 0 atom stereocenters. The number of anilines is 1. The Labute approximate surface area is 123 Å². The van der Waals surface area contributed by atoms with Crippen molar-refractivity contribution in [1.29, 1.82) is 0 Å². The molecule has 0 bridgehead atoms. The quantitative estimate of drug-likeness (QED) is 0.670. The number of benzene rings is 1. The number of esters is 1. The van der Waals surface area contributed by atoms with Crippen LogP contribution in [-0.2, 0) is 16.1 Å². The zero-order chi connectivity index (χ0) is 13.7. The fourth-order valence-electron chi connectivity index (χ4n) is 1.36. The molecule has 1 heterocycles. The highest BCUT2D eigenvalue weighted by molar-refractivity contribution is 9.10. The van der Waals surface area contributed by atoms with Gasteiger partial charge >= 0.3 is 5.97 Å². The summed E-state index contributed by atoms with van der Waals surface area (Å²) < 4.78 is 11.3. The number of para-hydroxylation sites is 2. The molecule has 2 rings (SSSR count). The average Bonchev–Trinajstić information content (AvgIpc) is 2.81. The monoisotopic (exact) mass is 341 g/mol. The number of nitrogen functional groups attached to an aromatic ring is 1. The summed E-state index contributed by atoms with van der Waals surface area (Å²) in [5.41, 5.74) is 6.19. The third-order valence-electron chi connectivity index (χ3n) is 2.32. The van der Waals surface area contributed by atoms with Crippen LogP contribution >= 0.6 is 27.3 Å². The zero-order valence-corrected chi connectivity index (χ0v) is 12.4. The lowest BCUT2D eigenvalue weighted by molar-refractivity contribution is -0.147. The number of hydrogen-bond donors (Lipinski definition) is 1. The van der Waals surface area contributed by atoms with Crippen molar-refractivity contribution in [1.82, 2.24) is 0 Å². The molecule has 2 N–H and O–H groups in total. The van der Waals surface area contributed by atoms with Crippen LogP contribution in [0.1, 0.15) is 4.88 Å². The van der Waals surface area contributed by atoms with Crippen molar-refractivity contribution >= 4 is 38.9 Å². The van der Waals surface area contributed by atoms with Crippen molar-refractivity contribution in [3.8, 4) is 5.75 Å². The van der Waals surface area contributed by atoms with E-state index in [4.69, 9.17) is 15.2 Å². The molecule has 0 radical (unpaired) electrons. The lowest BCUT2D eigenvalue weighted by Crippen LogP contribution is -2.15. The summed E-state index contributed by atoms with van der Waals surface area (Å²) in [5.74, 6) is 0.0558. The summed E-state index contributed by atoms with van der Waals surface area (Å²) in [6.07, 6.45) is 0. The van der Waals surface area contributed by atoms with E-state index in [1.54, 1.807) is 24.3 Å². The topological polar surface area (TPSA) is 61.5 Å². The number of ether oxygens (including phenoxy) is 2. The maximum atomic E-state index is 11.5. The van der Waals surface area contributed by atoms with Crippen molar-refractivity contribution in [2.24, 2.45) is 0 Å². The first-order valence-electron chi connectivity index (χ1n) is 5.51. The van der Waals surface area contributed by atoms with Gasteiger partial charge in [0.05, 0.1) is 10.6 Å². The summed E-state index contributed by atoms with van der Waals surface area (Å²) in [6, 6.07) is 8.92. The fraction of sp³-hybridized carbons (Fsp3) is 0.154. The number of carbonyl (C=O) groups excluding carboxylic acids is 1. The molecule has 19 heavy (non-hydrogen) atoms. The Morgan fingerprint density at radius 1 is 1.32 bits per heavy atom. The van der Waals surface area contributed by atoms with E-state index < -0.39 is 5.97 Å². The number of rotatable bonds is 5. The normalized spacial score (nSPS) is 10.2. The van der Waals surface area contributed by atoms with Gasteiger partial charge in [0, 0.05) is 4.47 Å². The van der Waals surface area contributed by atoms with Crippen LogP contribution in [-0.4, -0.2) is 12.6 Å². The number of thiophene rings is 1. The Bertz CT molecular complexity index is 571. The van der Waals surface area contributed by atoms with Crippen molar-refractivity contribution in [3.63, 3.8) is 0 Å². The van der Waals surface area contributed by atoms with Gasteiger partial charge in [0.15, 0.2) is 6.61 Å². The first kappa shape index (κ1) is 13.9. The Morgan fingerprint density at radius 2 is 2.11 bits per heavy atom. The third kappa shape index (κ3) is 3.97. The Morgan fingerprint density at radius 3 is 2.79 bits per heavy atom. The molecule has 0 aliphatic heterocycles. The van der Waals surface area contributed by atoms with Gasteiger partial charge in [0.1, 0.15) is 12.4 Å². The molecular formula is C13H12BrNO3S. The first-order valence-corrected chi connectivity index (χ1v) is 7.19. The van der Waals surface area contributed by atoms with Crippen LogP contribution in [0.3, 0.4) is 0 Å². The van der Waals surface area contributed by atoms with Crippen molar-refractivity contribution in [2.45, 2.75) is 6.61 Å². The zero-order valence-electron chi connectivity index (χ0n) is 9.97. The summed E-state index contributed by atoms with van der Waals surface area (Å²) in [6.45, 7) is 0.0852. The van der Waals surface area contributed by atoms with Crippen LogP contribution in [0.4, 0.5) is 5.69 Å². The molecule has 0 aliphatic rings. The molecule has 2 aromatic rings. The molecule has 0 saturated carbocycles. The van der Waals surface area contributed by atoms with Crippen LogP contribution in [0.25, 0.3) is 0 Å². The highest BCUT2D eigenvalue weighted by Gasteiger charge is 2.08. The van der Waals surface area contributed by atoms with Gasteiger partial charge in [-0.15, -0.1) is 11.3 Å². The molecule has 4 nitrogen and oxygen atoms in total. The van der Waals surface area contributed by atoms with Gasteiger partial charge in [-0.05, 0) is 39.5 Å². The minimum atomic E-state index is -0.427. The summed E-state index contributed by atoms with van der Waals surface area (Å²) in [7, 11) is 0. The Hall–Kier alpha value is -1.53. The van der Waals surface area contributed by atoms with E-state index in [-0.39, 0.29) is 13.2 Å². The van der Waals surface area contributed by atoms with Crippen molar-refractivity contribution in [2.75, 3.05) is 12.3 Å². The Kier molecular flexibility index (Phi) is 4.81. The summed E-state index contributed by atoms with van der Waals surface area (Å²) in [5, 5.41) is 1.93. The number of hydrogen-bond acceptors (Lipinski definition) is 5. The van der Waals surface area contributed by atoms with E-state index >= 15 is 0 Å². The van der Waals surface area contributed by atoms with Gasteiger partial charge in [-0.3, -0.25) is 0 Å². The molecular weight excluding hydrogens is 330 g/mol. The smallest absolute Gasteiger partial charge is 0.344 e. The van der Waals surface area contributed by atoms with Crippen LogP contribution < -0.4 is 10.5 Å². The lowest BCUT2D eigenvalue weighted by atomic mass is 10.3. The van der Waals surface area contributed by atoms with E-state index in [1.165, 1.54) is 11.3 Å². The van der Waals surface area contributed by atoms with Gasteiger partial charge in [-0.1, -0.05) is 12.1 Å². The van der Waals surface area contributed by atoms with Crippen molar-refractivity contribution < 1.29 is 14.3 Å². The van der Waals surface area contributed by atoms with E-state index in [0.29, 0.717) is 11.4 Å². The molecule has 0 aliphatic carbocycles. The summed E-state index contributed by atoms with van der Waals surface area (Å²) in [4.78, 5) is 12.5. The van der Waals surface area contributed by atoms with E-state index in [9.17, 15) is 4.79 Å². The van der Waals surface area contributed by atoms with E-state index in [1.807, 2.05) is 11.4 Å². The maximum absolute atomic E-state index is 11.5. The molecule has 6 heteroatoms. The Balaban J connectivity index is 1.79. The second kappa shape index (κ2) is 6.58. The third-order valence-corrected chi connectivity index (χ3v) is 4.22. The predicted molar refractivity (Wildman–Crippen MR) is 78.2 cm³/mol. The van der Waals surface area contributed by atoms with Crippen LogP contribution in [0.2, 0.25) is 0 Å². The molecule has 0 fully saturated rings. The fourth-order valence-corrected chi connectivity index (χ4v) is 2.74. The number of nitrogens with two attached hydrogens (primary N) is 1. The van der Waals surface area contributed by atoms with Crippen LogP contribution in [0.15, 0.2) is 40.2 Å². The van der Waals surface area contributed by atoms with Crippen molar-refractivity contribution in [3.05, 3.63) is 45.1 Å². The minimum Gasteiger partial charge on any atom is -0.480 e. The number of carbonyl (C=O) groups is 1. The molecule has 1 aromatic heterocycles. The lowest BCUT2D eigenvalue weighted by Gasteiger charge is -2.08. The first-order chi connectivity index (χ1) is 9.16. The second-order valence-corrected chi connectivity index (χ2v) is 5.53. The summed E-state index contributed by atoms with van der Waals surface area (Å²) >= 11 is 4.90. The van der Waals surface area contributed by atoms with E-state index in [0.717, 1.165) is 9.35 Å². The molecule has 0 spiro atoms. The van der Waals surface area contributed by atoms with E-state index in [2.05, 4.69) is 15.9 Å². The van der Waals surface area contributed by atoms with Crippen LogP contribution in [0, 0.1) is 0 Å². The van der Waals surface area contributed by atoms with Gasteiger partial charge < -0.3 is 15.2 Å². The van der Waals surface area contributed by atoms with Crippen LogP contribution in [0.5, 0.6) is 5.75 Å². The average molecular weight is 342 g/mol. The largest absolute Gasteiger partial charge is 0.480 e. The van der Waals surface area contributed by atoms with Gasteiger partial charge in [0.2, 0.25) is 0 Å². The van der Waals surface area contributed by atoms with Gasteiger partial charge in [0.25, 0.3) is 0 Å². The maximum Gasteiger partial charge on any atom is 0.344 e. The highest BCUT2D eigenvalue weighted by Crippen LogP contribution is 2.23. The van der Waals surface area contributed by atoms with Gasteiger partial charge in [-0.25, -0.2) is 4.79 Å². The highest BCUT2D eigenvalue weighted by atomic mass is 79.9. The number of halogens is 1.